The lowest BCUT2D eigenvalue weighted by atomic mass is 9.86. The van der Waals surface area contributed by atoms with Gasteiger partial charge in [0, 0.05) is 10.5 Å². The fraction of sp³-hybridized carbons (Fsp3) is 0.400. The maximum absolute atomic E-state index is 11.1. The molecule has 0 spiro atoms. The molecule has 2 fully saturated rings. The van der Waals surface area contributed by atoms with Gasteiger partial charge in [-0.15, -0.1) is 0 Å². The molecule has 120 valence electrons. The van der Waals surface area contributed by atoms with E-state index in [9.17, 15) is 5.11 Å². The number of rotatable bonds is 4. The molecular formula is C20H22O2S. The van der Waals surface area contributed by atoms with E-state index in [4.69, 9.17) is 4.74 Å². The molecule has 2 aliphatic rings. The second-order valence-corrected chi connectivity index (χ2v) is 8.30. The Morgan fingerprint density at radius 2 is 1.61 bits per heavy atom. The Morgan fingerprint density at radius 3 is 2.26 bits per heavy atom. The van der Waals surface area contributed by atoms with Crippen molar-refractivity contribution in [2.75, 3.05) is 0 Å². The molecule has 2 bridgehead atoms. The summed E-state index contributed by atoms with van der Waals surface area (Å²) in [6.07, 6.45) is 4.29. The number of hydrogen-bond donors (Lipinski definition) is 1. The van der Waals surface area contributed by atoms with Crippen molar-refractivity contribution in [3.8, 4) is 5.75 Å². The summed E-state index contributed by atoms with van der Waals surface area (Å²) >= 11 is 2.07. The summed E-state index contributed by atoms with van der Waals surface area (Å²) in [5.41, 5.74) is 1.56. The molecule has 2 aromatic carbocycles. The number of fused-ring (bicyclic) bond motifs is 2. The van der Waals surface area contributed by atoms with Gasteiger partial charge in [-0.3, -0.25) is 0 Å². The number of aliphatic hydroxyl groups is 1. The van der Waals surface area contributed by atoms with Crippen molar-refractivity contribution < 1.29 is 9.84 Å². The van der Waals surface area contributed by atoms with Gasteiger partial charge in [0.15, 0.2) is 0 Å². The molecule has 0 aromatic heterocycles. The van der Waals surface area contributed by atoms with E-state index in [2.05, 4.69) is 23.9 Å². The lowest BCUT2D eigenvalue weighted by Gasteiger charge is -2.36. The molecule has 23 heavy (non-hydrogen) atoms. The fourth-order valence-electron chi connectivity index (χ4n) is 3.76. The zero-order valence-electron chi connectivity index (χ0n) is 13.2. The van der Waals surface area contributed by atoms with E-state index in [1.165, 1.54) is 12.8 Å². The summed E-state index contributed by atoms with van der Waals surface area (Å²) < 4.78 is 5.84. The van der Waals surface area contributed by atoms with Crippen LogP contribution >= 0.6 is 11.8 Å². The first kappa shape index (κ1) is 15.1. The molecule has 2 nitrogen and oxygen atoms in total. The normalized spacial score (nSPS) is 29.4. The van der Waals surface area contributed by atoms with E-state index in [1.807, 2.05) is 42.5 Å². The van der Waals surface area contributed by atoms with E-state index in [-0.39, 0.29) is 0 Å². The Bertz CT molecular complexity index is 641. The van der Waals surface area contributed by atoms with Crippen LogP contribution in [-0.4, -0.2) is 15.6 Å². The third-order valence-corrected chi connectivity index (χ3v) is 6.54. The Labute approximate surface area is 141 Å². The summed E-state index contributed by atoms with van der Waals surface area (Å²) in [5, 5.41) is 12.3. The van der Waals surface area contributed by atoms with Crippen LogP contribution in [-0.2, 0) is 12.2 Å². The van der Waals surface area contributed by atoms with Gasteiger partial charge in [0.05, 0.1) is 5.60 Å². The molecule has 4 rings (SSSR count). The molecule has 2 aliphatic heterocycles. The number of hydrogen-bond acceptors (Lipinski definition) is 3. The van der Waals surface area contributed by atoms with E-state index in [1.54, 1.807) is 0 Å². The van der Waals surface area contributed by atoms with Crippen LogP contribution in [0.25, 0.3) is 0 Å². The molecule has 0 radical (unpaired) electrons. The van der Waals surface area contributed by atoms with Gasteiger partial charge in [0.1, 0.15) is 12.4 Å². The van der Waals surface area contributed by atoms with E-state index in [0.29, 0.717) is 17.1 Å². The summed E-state index contributed by atoms with van der Waals surface area (Å²) in [7, 11) is 0. The molecule has 2 heterocycles. The van der Waals surface area contributed by atoms with Gasteiger partial charge >= 0.3 is 0 Å². The van der Waals surface area contributed by atoms with Crippen LogP contribution in [0.2, 0.25) is 0 Å². The lowest BCUT2D eigenvalue weighted by molar-refractivity contribution is 0.0196. The molecule has 2 unspecified atom stereocenters. The van der Waals surface area contributed by atoms with Crippen LogP contribution in [0.4, 0.5) is 0 Å². The van der Waals surface area contributed by atoms with Crippen LogP contribution in [0.5, 0.6) is 5.75 Å². The van der Waals surface area contributed by atoms with Crippen molar-refractivity contribution in [3.05, 3.63) is 65.7 Å². The van der Waals surface area contributed by atoms with Crippen molar-refractivity contribution >= 4 is 11.8 Å². The zero-order chi connectivity index (χ0) is 15.7. The highest BCUT2D eigenvalue weighted by molar-refractivity contribution is 8.00. The molecule has 0 aliphatic carbocycles. The smallest absolute Gasteiger partial charge is 0.119 e. The van der Waals surface area contributed by atoms with Crippen molar-refractivity contribution in [1.29, 1.82) is 0 Å². The molecule has 2 aromatic rings. The summed E-state index contributed by atoms with van der Waals surface area (Å²) in [4.78, 5) is 0. The van der Waals surface area contributed by atoms with Gasteiger partial charge in [-0.2, -0.15) is 11.8 Å². The zero-order valence-corrected chi connectivity index (χ0v) is 14.0. The van der Waals surface area contributed by atoms with Crippen LogP contribution in [0, 0.1) is 0 Å². The second-order valence-electron chi connectivity index (χ2n) is 6.70. The van der Waals surface area contributed by atoms with Gasteiger partial charge in [0.25, 0.3) is 0 Å². The topological polar surface area (TPSA) is 29.5 Å². The minimum absolute atomic E-state index is 0.575. The van der Waals surface area contributed by atoms with Crippen LogP contribution in [0.15, 0.2) is 54.6 Å². The van der Waals surface area contributed by atoms with E-state index < -0.39 is 5.60 Å². The summed E-state index contributed by atoms with van der Waals surface area (Å²) in [5.74, 6) is 0.856. The highest BCUT2D eigenvalue weighted by Gasteiger charge is 2.44. The maximum Gasteiger partial charge on any atom is 0.119 e. The van der Waals surface area contributed by atoms with Gasteiger partial charge in [-0.1, -0.05) is 42.5 Å². The minimum Gasteiger partial charge on any atom is -0.489 e. The maximum atomic E-state index is 11.1. The predicted molar refractivity (Wildman–Crippen MR) is 94.7 cm³/mol. The largest absolute Gasteiger partial charge is 0.489 e. The van der Waals surface area contributed by atoms with Gasteiger partial charge < -0.3 is 9.84 Å². The van der Waals surface area contributed by atoms with E-state index >= 15 is 0 Å². The third-order valence-electron chi connectivity index (χ3n) is 4.97. The lowest BCUT2D eigenvalue weighted by Crippen LogP contribution is -2.34. The van der Waals surface area contributed by atoms with Crippen molar-refractivity contribution in [2.45, 2.75) is 48.4 Å². The highest BCUT2D eigenvalue weighted by atomic mass is 32.2. The SMILES string of the molecule is OC1(c2ccc(OCc3ccccc3)cc2)CC2CCC(C1)S2. The van der Waals surface area contributed by atoms with Gasteiger partial charge in [-0.05, 0) is 48.9 Å². The third kappa shape index (κ3) is 3.26. The molecule has 3 heteroatoms. The molecular weight excluding hydrogens is 304 g/mol. The van der Waals surface area contributed by atoms with Crippen molar-refractivity contribution in [3.63, 3.8) is 0 Å². The minimum atomic E-state index is -0.644. The average Bonchev–Trinajstić information content (AvgIpc) is 2.93. The fourth-order valence-corrected chi connectivity index (χ4v) is 5.59. The van der Waals surface area contributed by atoms with Crippen molar-refractivity contribution in [2.24, 2.45) is 0 Å². The van der Waals surface area contributed by atoms with Gasteiger partial charge in [0.2, 0.25) is 0 Å². The van der Waals surface area contributed by atoms with Crippen LogP contribution in [0.3, 0.4) is 0 Å². The average molecular weight is 326 g/mol. The van der Waals surface area contributed by atoms with Crippen LogP contribution in [0.1, 0.15) is 36.8 Å². The number of thioether (sulfide) groups is 1. The quantitative estimate of drug-likeness (QED) is 0.896. The van der Waals surface area contributed by atoms with Gasteiger partial charge in [-0.25, -0.2) is 0 Å². The molecule has 0 saturated carbocycles. The van der Waals surface area contributed by atoms with Crippen molar-refractivity contribution in [1.82, 2.24) is 0 Å². The molecule has 2 saturated heterocycles. The van der Waals surface area contributed by atoms with Crippen LogP contribution < -0.4 is 4.74 Å². The monoisotopic (exact) mass is 326 g/mol. The van der Waals surface area contributed by atoms with E-state index in [0.717, 1.165) is 29.7 Å². The Balaban J connectivity index is 1.43. The Hall–Kier alpha value is -1.45. The Kier molecular flexibility index (Phi) is 4.08. The summed E-state index contributed by atoms with van der Waals surface area (Å²) in [6, 6.07) is 18.2. The molecule has 2 atom stereocenters. The number of benzene rings is 2. The first-order chi connectivity index (χ1) is 11.2. The predicted octanol–water partition coefficient (Wildman–Crippen LogP) is 4.51. The second kappa shape index (κ2) is 6.21. The first-order valence-electron chi connectivity index (χ1n) is 8.36. The standard InChI is InChI=1S/C20H22O2S/c21-20(12-18-10-11-19(13-20)23-18)16-6-8-17(9-7-16)22-14-15-4-2-1-3-5-15/h1-9,18-19,21H,10-14H2. The highest BCUT2D eigenvalue weighted by Crippen LogP contribution is 2.51. The number of ether oxygens (including phenoxy) is 1. The molecule has 0 amide bonds. The Morgan fingerprint density at radius 1 is 0.957 bits per heavy atom. The first-order valence-corrected chi connectivity index (χ1v) is 9.31. The molecule has 1 N–H and O–H groups in total. The summed E-state index contributed by atoms with van der Waals surface area (Å²) in [6.45, 7) is 0.575.